The summed E-state index contributed by atoms with van der Waals surface area (Å²) in [6.07, 6.45) is 9.51. The van der Waals surface area contributed by atoms with Gasteiger partial charge in [-0.2, -0.15) is 13.2 Å². The first-order chi connectivity index (χ1) is 15.0. The summed E-state index contributed by atoms with van der Waals surface area (Å²) in [7, 11) is 0. The van der Waals surface area contributed by atoms with Gasteiger partial charge < -0.3 is 9.67 Å². The summed E-state index contributed by atoms with van der Waals surface area (Å²) in [4.78, 5) is 0.475. The van der Waals surface area contributed by atoms with Gasteiger partial charge in [0, 0.05) is 28.3 Å². The molecular weight excluding hydrogens is 431 g/mol. The lowest BCUT2D eigenvalue weighted by molar-refractivity contribution is -0.0913. The molecule has 0 aliphatic carbocycles. The van der Waals surface area contributed by atoms with Crippen LogP contribution in [-0.4, -0.2) is 15.8 Å². The van der Waals surface area contributed by atoms with Crippen LogP contribution in [0, 0.1) is 6.92 Å². The molecule has 0 saturated carbocycles. The molecule has 1 aromatic heterocycles. The summed E-state index contributed by atoms with van der Waals surface area (Å²) in [6, 6.07) is 0. The predicted octanol–water partition coefficient (Wildman–Crippen LogP) is 8.16. The van der Waals surface area contributed by atoms with Crippen molar-refractivity contribution in [2.45, 2.75) is 71.8 Å². The van der Waals surface area contributed by atoms with Gasteiger partial charge in [0.2, 0.25) is 0 Å². The Labute approximate surface area is 194 Å². The van der Waals surface area contributed by atoms with Crippen molar-refractivity contribution in [2.24, 2.45) is 0 Å². The zero-order valence-corrected chi connectivity index (χ0v) is 20.6. The van der Waals surface area contributed by atoms with E-state index in [-0.39, 0.29) is 12.5 Å². The van der Waals surface area contributed by atoms with Gasteiger partial charge in [0.05, 0.1) is 11.6 Å². The van der Waals surface area contributed by atoms with E-state index in [1.165, 1.54) is 17.8 Å². The lowest BCUT2D eigenvalue weighted by Crippen LogP contribution is -2.09. The van der Waals surface area contributed by atoms with Crippen LogP contribution in [0.3, 0.4) is 0 Å². The summed E-state index contributed by atoms with van der Waals surface area (Å²) < 4.78 is 41.8. The van der Waals surface area contributed by atoms with Gasteiger partial charge in [-0.05, 0) is 56.9 Å². The fourth-order valence-corrected chi connectivity index (χ4v) is 4.68. The molecule has 0 radical (unpaired) electrons. The minimum atomic E-state index is -4.39. The molecule has 0 fully saturated rings. The second-order valence-corrected chi connectivity index (χ2v) is 8.74. The molecule has 0 saturated heterocycles. The highest BCUT2D eigenvalue weighted by Crippen LogP contribution is 2.41. The Morgan fingerprint density at radius 1 is 1.19 bits per heavy atom. The lowest BCUT2D eigenvalue weighted by atomic mass is 10.0. The number of aliphatic hydroxyl groups excluding tert-OH is 1. The number of alkyl halides is 3. The fourth-order valence-electron chi connectivity index (χ4n) is 3.30. The van der Waals surface area contributed by atoms with Gasteiger partial charge in [0.25, 0.3) is 0 Å². The second-order valence-electron chi connectivity index (χ2n) is 7.68. The zero-order valence-electron chi connectivity index (χ0n) is 19.8. The largest absolute Gasteiger partial charge is 0.412 e. The van der Waals surface area contributed by atoms with Gasteiger partial charge in [-0.15, -0.1) is 0 Å². The van der Waals surface area contributed by atoms with Crippen LogP contribution in [0.25, 0.3) is 0 Å². The molecule has 0 aromatic carbocycles. The van der Waals surface area contributed by atoms with Gasteiger partial charge in [0.15, 0.2) is 0 Å². The molecule has 6 heteroatoms. The molecule has 176 valence electrons. The predicted molar refractivity (Wildman–Crippen MR) is 131 cm³/mol. The number of aromatic nitrogens is 1. The Kier molecular flexibility index (Phi) is 11.1. The van der Waals surface area contributed by atoms with Crippen molar-refractivity contribution in [1.29, 1.82) is 0 Å². The van der Waals surface area contributed by atoms with Gasteiger partial charge in [-0.3, -0.25) is 0 Å². The fraction of sp³-hybridized carbons (Fsp3) is 0.385. The van der Waals surface area contributed by atoms with Crippen molar-refractivity contribution in [3.63, 3.8) is 0 Å². The maximum atomic E-state index is 13.2. The minimum absolute atomic E-state index is 0.0869. The van der Waals surface area contributed by atoms with E-state index >= 15 is 0 Å². The van der Waals surface area contributed by atoms with E-state index in [0.717, 1.165) is 34.3 Å². The topological polar surface area (TPSA) is 25.2 Å². The highest BCUT2D eigenvalue weighted by atomic mass is 32.2. The molecule has 1 heterocycles. The highest BCUT2D eigenvalue weighted by molar-refractivity contribution is 8.03. The Morgan fingerprint density at radius 2 is 1.84 bits per heavy atom. The van der Waals surface area contributed by atoms with Gasteiger partial charge in [0.1, 0.15) is 0 Å². The Hall–Kier alpha value is -2.18. The minimum Gasteiger partial charge on any atom is -0.392 e. The maximum Gasteiger partial charge on any atom is 0.412 e. The van der Waals surface area contributed by atoms with Gasteiger partial charge >= 0.3 is 6.18 Å². The van der Waals surface area contributed by atoms with Gasteiger partial charge in [-0.25, -0.2) is 0 Å². The third-order valence-electron chi connectivity index (χ3n) is 4.90. The molecule has 0 spiro atoms. The summed E-state index contributed by atoms with van der Waals surface area (Å²) in [6.45, 7) is 15.0. The average Bonchev–Trinajstić information content (AvgIpc) is 2.96. The first-order valence-corrected chi connectivity index (χ1v) is 11.4. The molecule has 0 unspecified atom stereocenters. The van der Waals surface area contributed by atoms with Crippen LogP contribution in [0.15, 0.2) is 76.3 Å². The summed E-state index contributed by atoms with van der Waals surface area (Å²) in [5, 5.41) is 10.9. The number of halogens is 3. The van der Waals surface area contributed by atoms with E-state index in [0.29, 0.717) is 11.4 Å². The lowest BCUT2D eigenvalue weighted by Gasteiger charge is -2.16. The zero-order chi connectivity index (χ0) is 24.5. The molecule has 0 atom stereocenters. The molecule has 0 aliphatic rings. The smallest absolute Gasteiger partial charge is 0.392 e. The van der Waals surface area contributed by atoms with Crippen LogP contribution in [0.4, 0.5) is 13.2 Å². The van der Waals surface area contributed by atoms with Crippen molar-refractivity contribution < 1.29 is 18.3 Å². The quantitative estimate of drug-likeness (QED) is 0.278. The Balaban J connectivity index is 3.76. The molecule has 0 aliphatic heterocycles. The van der Waals surface area contributed by atoms with Crippen LogP contribution in [-0.2, 0) is 13.2 Å². The SMILES string of the molecule is C=C/C=C(\C=C/C)Cn1c(C)c(CO)c(C(C)C)c1SC(=C/C=C\C)/C=C(\C)C(F)(F)F. The van der Waals surface area contributed by atoms with E-state index in [1.807, 2.05) is 52.8 Å². The first kappa shape index (κ1) is 27.9. The van der Waals surface area contributed by atoms with E-state index in [1.54, 1.807) is 24.3 Å². The number of allylic oxidation sites excluding steroid dienone is 10. The number of hydrogen-bond donors (Lipinski definition) is 1. The van der Waals surface area contributed by atoms with Crippen molar-refractivity contribution in [3.8, 4) is 0 Å². The summed E-state index contributed by atoms with van der Waals surface area (Å²) >= 11 is 1.29. The van der Waals surface area contributed by atoms with Gasteiger partial charge in [-0.1, -0.05) is 68.6 Å². The average molecular weight is 466 g/mol. The molecule has 1 rings (SSSR count). The first-order valence-electron chi connectivity index (χ1n) is 10.5. The number of hydrogen-bond acceptors (Lipinski definition) is 2. The monoisotopic (exact) mass is 465 g/mol. The van der Waals surface area contributed by atoms with Crippen molar-refractivity contribution >= 4 is 11.8 Å². The van der Waals surface area contributed by atoms with Crippen LogP contribution in [0.5, 0.6) is 0 Å². The van der Waals surface area contributed by atoms with Crippen molar-refractivity contribution in [2.75, 3.05) is 0 Å². The molecule has 1 aromatic rings. The second kappa shape index (κ2) is 12.8. The third-order valence-corrected chi connectivity index (χ3v) is 6.03. The maximum absolute atomic E-state index is 13.2. The van der Waals surface area contributed by atoms with E-state index < -0.39 is 11.7 Å². The number of aliphatic hydroxyl groups is 1. The normalized spacial score (nSPS) is 14.4. The van der Waals surface area contributed by atoms with Crippen LogP contribution < -0.4 is 0 Å². The third kappa shape index (κ3) is 7.45. The molecule has 1 N–H and O–H groups in total. The molecule has 2 nitrogen and oxygen atoms in total. The van der Waals surface area contributed by atoms with Crippen LogP contribution in [0.2, 0.25) is 0 Å². The number of nitrogens with zero attached hydrogens (tertiary/aromatic N) is 1. The van der Waals surface area contributed by atoms with Crippen LogP contribution >= 0.6 is 11.8 Å². The standard InChI is InChI=1S/C26H34F3NOS/c1-8-11-14-22(15-19(6)26(27,28)29)32-25-24(18(4)5)23(17-31)20(7)30(25)16-21(12-9-2)13-10-3/h8-15,18,31H,2,16-17H2,1,3-7H3/b11-8-,13-10-,19-15+,21-12+,22-14+. The Bertz CT molecular complexity index is 941. The van der Waals surface area contributed by atoms with E-state index in [2.05, 4.69) is 11.1 Å². The summed E-state index contributed by atoms with van der Waals surface area (Å²) in [5.41, 5.74) is 3.02. The number of rotatable bonds is 10. The molecular formula is C26H34F3NOS. The van der Waals surface area contributed by atoms with E-state index in [4.69, 9.17) is 0 Å². The molecule has 0 bridgehead atoms. The molecule has 0 amide bonds. The Morgan fingerprint density at radius 3 is 2.31 bits per heavy atom. The summed E-state index contributed by atoms with van der Waals surface area (Å²) in [5.74, 6) is 0.0869. The van der Waals surface area contributed by atoms with Crippen molar-refractivity contribution in [3.05, 3.63) is 88.1 Å². The highest BCUT2D eigenvalue weighted by Gasteiger charge is 2.30. The van der Waals surface area contributed by atoms with E-state index in [9.17, 15) is 18.3 Å². The molecule has 32 heavy (non-hydrogen) atoms. The van der Waals surface area contributed by atoms with Crippen molar-refractivity contribution in [1.82, 2.24) is 4.57 Å². The van der Waals surface area contributed by atoms with Crippen LogP contribution in [0.1, 0.15) is 57.4 Å². The number of thioether (sulfide) groups is 1.